The van der Waals surface area contributed by atoms with Crippen LogP contribution < -0.4 is 11.1 Å². The molecule has 2 aliphatic rings. The lowest BCUT2D eigenvalue weighted by atomic mass is 10.0. The van der Waals surface area contributed by atoms with Crippen LogP contribution in [0.3, 0.4) is 0 Å². The summed E-state index contributed by atoms with van der Waals surface area (Å²) in [6, 6.07) is -1.77. The molecule has 2 aliphatic heterocycles. The molecule has 1 saturated heterocycles. The van der Waals surface area contributed by atoms with Crippen LogP contribution in [0.2, 0.25) is 0 Å². The molecule has 0 aromatic heterocycles. The second-order valence-corrected chi connectivity index (χ2v) is 6.83. The average molecular weight is 357 g/mol. The molecule has 0 spiro atoms. The summed E-state index contributed by atoms with van der Waals surface area (Å²) >= 11 is 1.40. The molecule has 5 N–H and O–H groups in total. The minimum Gasteiger partial charge on any atom is -0.480 e. The zero-order valence-corrected chi connectivity index (χ0v) is 13.8. The van der Waals surface area contributed by atoms with Crippen molar-refractivity contribution in [2.75, 3.05) is 5.75 Å². The van der Waals surface area contributed by atoms with Gasteiger partial charge in [0.1, 0.15) is 23.2 Å². The molecule has 0 saturated carbocycles. The highest BCUT2D eigenvalue weighted by atomic mass is 32.2. The van der Waals surface area contributed by atoms with Gasteiger partial charge in [-0.1, -0.05) is 0 Å². The predicted molar refractivity (Wildman–Crippen MR) is 84.8 cm³/mol. The van der Waals surface area contributed by atoms with Crippen molar-refractivity contribution >= 4 is 35.5 Å². The number of thioether (sulfide) groups is 1. The van der Waals surface area contributed by atoms with E-state index in [2.05, 4.69) is 5.32 Å². The van der Waals surface area contributed by atoms with Gasteiger partial charge in [0.05, 0.1) is 0 Å². The summed E-state index contributed by atoms with van der Waals surface area (Å²) in [6.07, 6.45) is 0.515. The number of nitrogens with two attached hydrogens (primary N) is 1. The zero-order chi connectivity index (χ0) is 18.0. The van der Waals surface area contributed by atoms with Gasteiger partial charge in [-0.2, -0.15) is 0 Å². The molecule has 0 aromatic rings. The van der Waals surface area contributed by atoms with Crippen LogP contribution >= 0.6 is 11.8 Å². The monoisotopic (exact) mass is 357 g/mol. The van der Waals surface area contributed by atoms with Crippen LogP contribution in [0.25, 0.3) is 0 Å². The van der Waals surface area contributed by atoms with Crippen molar-refractivity contribution in [3.8, 4) is 0 Å². The van der Waals surface area contributed by atoms with Gasteiger partial charge >= 0.3 is 11.9 Å². The average Bonchev–Trinajstić information content (AvgIpc) is 2.51. The minimum atomic E-state index is -1.15. The van der Waals surface area contributed by atoms with E-state index in [1.807, 2.05) is 0 Å². The first-order chi connectivity index (χ1) is 11.2. The molecule has 2 heterocycles. The van der Waals surface area contributed by atoms with Gasteiger partial charge in [0, 0.05) is 12.2 Å². The first-order valence-electron chi connectivity index (χ1n) is 7.39. The van der Waals surface area contributed by atoms with E-state index < -0.39 is 35.3 Å². The van der Waals surface area contributed by atoms with Gasteiger partial charge in [0.15, 0.2) is 0 Å². The van der Waals surface area contributed by atoms with Crippen LogP contribution in [0.15, 0.2) is 11.3 Å². The molecule has 0 aliphatic carbocycles. The summed E-state index contributed by atoms with van der Waals surface area (Å²) in [6.45, 7) is 1.66. The number of carboxylic acid groups (broad SMARTS) is 2. The van der Waals surface area contributed by atoms with Crippen molar-refractivity contribution < 1.29 is 29.4 Å². The maximum atomic E-state index is 12.2. The summed E-state index contributed by atoms with van der Waals surface area (Å²) in [5, 5.41) is 20.1. The summed E-state index contributed by atoms with van der Waals surface area (Å²) < 4.78 is 0. The van der Waals surface area contributed by atoms with E-state index in [9.17, 15) is 24.3 Å². The fourth-order valence-corrected chi connectivity index (χ4v) is 3.92. The highest BCUT2D eigenvalue weighted by molar-refractivity contribution is 8.00. The molecular weight excluding hydrogens is 338 g/mol. The number of carboxylic acids is 2. The predicted octanol–water partition coefficient (Wildman–Crippen LogP) is -0.673. The number of β-lactam (4-membered cyclic amide) rings is 1. The first kappa shape index (κ1) is 18.3. The van der Waals surface area contributed by atoms with Crippen LogP contribution in [0.1, 0.15) is 26.2 Å². The Morgan fingerprint density at radius 1 is 1.42 bits per heavy atom. The Hall–Kier alpha value is -2.07. The fourth-order valence-electron chi connectivity index (χ4n) is 2.63. The van der Waals surface area contributed by atoms with E-state index in [4.69, 9.17) is 10.8 Å². The summed E-state index contributed by atoms with van der Waals surface area (Å²) in [5.74, 6) is -2.62. The van der Waals surface area contributed by atoms with Gasteiger partial charge in [-0.05, 0) is 25.3 Å². The smallest absolute Gasteiger partial charge is 0.352 e. The van der Waals surface area contributed by atoms with Crippen molar-refractivity contribution in [1.82, 2.24) is 10.2 Å². The number of fused-ring (bicyclic) bond motifs is 1. The van der Waals surface area contributed by atoms with Gasteiger partial charge in [-0.25, -0.2) is 4.79 Å². The normalized spacial score (nSPS) is 24.1. The molecule has 9 nitrogen and oxygen atoms in total. The van der Waals surface area contributed by atoms with Crippen LogP contribution in [0, 0.1) is 0 Å². The quantitative estimate of drug-likeness (QED) is 0.438. The number of hydrogen-bond donors (Lipinski definition) is 4. The SMILES string of the molecule is CC1=C(C(=O)O)N2C(=O)[C@H](NC(=O)CCC[C@H](N)C(=O)O)[C@H]2SC1. The van der Waals surface area contributed by atoms with E-state index in [0.29, 0.717) is 17.7 Å². The summed E-state index contributed by atoms with van der Waals surface area (Å²) in [5.41, 5.74) is 5.95. The molecule has 132 valence electrons. The molecule has 3 atom stereocenters. The lowest BCUT2D eigenvalue weighted by Gasteiger charge is -2.49. The zero-order valence-electron chi connectivity index (χ0n) is 13.0. The Labute approximate surface area is 142 Å². The van der Waals surface area contributed by atoms with Crippen LogP contribution in [0.4, 0.5) is 0 Å². The first-order valence-corrected chi connectivity index (χ1v) is 8.44. The molecule has 10 heteroatoms. The molecule has 0 radical (unpaired) electrons. The molecule has 1 fully saturated rings. The summed E-state index contributed by atoms with van der Waals surface area (Å²) in [4.78, 5) is 47.1. The van der Waals surface area contributed by atoms with Gasteiger partial charge in [-0.3, -0.25) is 19.3 Å². The number of hydrogen-bond acceptors (Lipinski definition) is 6. The number of aliphatic carboxylic acids is 2. The third-order valence-electron chi connectivity index (χ3n) is 3.91. The largest absolute Gasteiger partial charge is 0.480 e. The maximum absolute atomic E-state index is 12.2. The molecular formula is C14H19N3O6S. The molecule has 2 amide bonds. The molecule has 0 bridgehead atoms. The number of nitrogens with one attached hydrogen (secondary N) is 1. The second-order valence-electron chi connectivity index (χ2n) is 5.73. The number of carbonyl (C=O) groups is 4. The highest BCUT2D eigenvalue weighted by Crippen LogP contribution is 2.40. The molecule has 0 aromatic carbocycles. The molecule has 2 rings (SSSR count). The number of nitrogens with zero attached hydrogens (tertiary/aromatic N) is 1. The Bertz CT molecular complexity index is 620. The number of amides is 2. The van der Waals surface area contributed by atoms with Gasteiger partial charge in [0.2, 0.25) is 5.91 Å². The van der Waals surface area contributed by atoms with Crippen LogP contribution in [-0.4, -0.2) is 62.1 Å². The lowest BCUT2D eigenvalue weighted by molar-refractivity contribution is -0.150. The minimum absolute atomic E-state index is 0.0123. The van der Waals surface area contributed by atoms with Gasteiger partial charge < -0.3 is 21.3 Å². The Balaban J connectivity index is 1.88. The van der Waals surface area contributed by atoms with Gasteiger partial charge in [0.25, 0.3) is 5.91 Å². The third kappa shape index (κ3) is 3.54. The highest BCUT2D eigenvalue weighted by Gasteiger charge is 2.53. The lowest BCUT2D eigenvalue weighted by Crippen LogP contribution is -2.70. The summed E-state index contributed by atoms with van der Waals surface area (Å²) in [7, 11) is 0. The number of rotatable bonds is 7. The Kier molecular flexibility index (Phi) is 5.50. The maximum Gasteiger partial charge on any atom is 0.352 e. The topological polar surface area (TPSA) is 150 Å². The molecule has 0 unspecified atom stereocenters. The standard InChI is InChI=1S/C14H19N3O6S/c1-6-5-24-12-9(11(19)17(12)10(6)14(22)23)16-8(18)4-2-3-7(15)13(20)21/h7,9,12H,2-5,15H2,1H3,(H,16,18)(H,20,21)(H,22,23)/t7-,9-,12+/m0/s1. The van der Waals surface area contributed by atoms with Crippen molar-refractivity contribution in [1.29, 1.82) is 0 Å². The van der Waals surface area contributed by atoms with Crippen molar-refractivity contribution in [2.24, 2.45) is 5.73 Å². The van der Waals surface area contributed by atoms with Crippen LogP contribution in [-0.2, 0) is 19.2 Å². The van der Waals surface area contributed by atoms with Crippen LogP contribution in [0.5, 0.6) is 0 Å². The van der Waals surface area contributed by atoms with Gasteiger partial charge in [-0.15, -0.1) is 11.8 Å². The number of carbonyl (C=O) groups excluding carboxylic acids is 2. The van der Waals surface area contributed by atoms with E-state index in [1.54, 1.807) is 6.92 Å². The van der Waals surface area contributed by atoms with Crippen molar-refractivity contribution in [3.05, 3.63) is 11.3 Å². The third-order valence-corrected chi connectivity index (χ3v) is 5.34. The van der Waals surface area contributed by atoms with E-state index >= 15 is 0 Å². The van der Waals surface area contributed by atoms with E-state index in [1.165, 1.54) is 16.7 Å². The second kappa shape index (κ2) is 7.22. The fraction of sp³-hybridized carbons (Fsp3) is 0.571. The Morgan fingerprint density at radius 3 is 2.67 bits per heavy atom. The molecule has 24 heavy (non-hydrogen) atoms. The van der Waals surface area contributed by atoms with E-state index in [0.717, 1.165) is 0 Å². The van der Waals surface area contributed by atoms with Crippen molar-refractivity contribution in [2.45, 2.75) is 43.6 Å². The Morgan fingerprint density at radius 2 is 2.08 bits per heavy atom. The van der Waals surface area contributed by atoms with Crippen molar-refractivity contribution in [3.63, 3.8) is 0 Å². The van der Waals surface area contributed by atoms with E-state index in [-0.39, 0.29) is 24.4 Å².